The topological polar surface area (TPSA) is 63.0 Å². The predicted octanol–water partition coefficient (Wildman–Crippen LogP) is 4.42. The van der Waals surface area contributed by atoms with Gasteiger partial charge < -0.3 is 14.1 Å². The van der Waals surface area contributed by atoms with E-state index in [2.05, 4.69) is 0 Å². The second kappa shape index (κ2) is 10.4. The lowest BCUT2D eigenvalue weighted by Crippen LogP contribution is -2.48. The molecule has 3 aromatic rings. The van der Waals surface area contributed by atoms with Gasteiger partial charge in [0.1, 0.15) is 18.6 Å². The Balaban J connectivity index is 1.32. The smallest absolute Gasteiger partial charge is 0.257 e. The average molecular weight is 489 g/mol. The van der Waals surface area contributed by atoms with Gasteiger partial charge in [-0.25, -0.2) is 8.78 Å². The number of aryl methyl sites for hydroxylation is 1. The maximum absolute atomic E-state index is 14.2. The summed E-state index contributed by atoms with van der Waals surface area (Å²) in [6, 6.07) is 11.3. The fourth-order valence-electron chi connectivity index (χ4n) is 3.71. The van der Waals surface area contributed by atoms with E-state index >= 15 is 0 Å². The van der Waals surface area contributed by atoms with Crippen molar-refractivity contribution < 1.29 is 22.7 Å². The van der Waals surface area contributed by atoms with Gasteiger partial charge in [-0.05, 0) is 24.6 Å². The summed E-state index contributed by atoms with van der Waals surface area (Å²) < 4.78 is 39.1. The third kappa shape index (κ3) is 5.29. The molecule has 1 aromatic heterocycles. The first-order valence-corrected chi connectivity index (χ1v) is 11.2. The fraction of sp³-hybridized carbons (Fsp3) is 0.280. The van der Waals surface area contributed by atoms with Crippen LogP contribution in [0.1, 0.15) is 27.2 Å². The Morgan fingerprint density at radius 2 is 1.82 bits per heavy atom. The zero-order valence-corrected chi connectivity index (χ0v) is 19.3. The van der Waals surface area contributed by atoms with Crippen molar-refractivity contribution in [3.8, 4) is 5.75 Å². The number of piperazine rings is 1. The Morgan fingerprint density at radius 1 is 1.09 bits per heavy atom. The molecule has 1 amide bonds. The van der Waals surface area contributed by atoms with E-state index in [-0.39, 0.29) is 28.9 Å². The van der Waals surface area contributed by atoms with Crippen LogP contribution in [0.2, 0.25) is 5.02 Å². The molecule has 178 valence electrons. The molecule has 1 fully saturated rings. The van der Waals surface area contributed by atoms with E-state index < -0.39 is 17.5 Å². The normalized spacial score (nSPS) is 14.3. The van der Waals surface area contributed by atoms with Crippen molar-refractivity contribution in [2.45, 2.75) is 20.1 Å². The minimum atomic E-state index is -1.12. The molecule has 9 heteroatoms. The molecule has 0 saturated carbocycles. The number of hydrogen-bond donors (Lipinski definition) is 0. The second-order valence-corrected chi connectivity index (χ2v) is 8.49. The van der Waals surface area contributed by atoms with E-state index in [1.165, 1.54) is 36.3 Å². The molecule has 0 N–H and O–H groups in total. The molecule has 0 spiro atoms. The van der Waals surface area contributed by atoms with Gasteiger partial charge in [-0.2, -0.15) is 0 Å². The van der Waals surface area contributed by atoms with Crippen LogP contribution in [0.3, 0.4) is 0 Å². The molecular formula is C25H23ClF2N2O4. The summed E-state index contributed by atoms with van der Waals surface area (Å²) in [4.78, 5) is 28.6. The summed E-state index contributed by atoms with van der Waals surface area (Å²) >= 11 is 6.10. The molecule has 6 nitrogen and oxygen atoms in total. The summed E-state index contributed by atoms with van der Waals surface area (Å²) in [7, 11) is 0. The Kier molecular flexibility index (Phi) is 7.29. The highest BCUT2D eigenvalue weighted by molar-refractivity contribution is 6.31. The van der Waals surface area contributed by atoms with Gasteiger partial charge in [0.05, 0.1) is 12.1 Å². The van der Waals surface area contributed by atoms with Crippen molar-refractivity contribution in [1.82, 2.24) is 9.80 Å². The van der Waals surface area contributed by atoms with Crippen LogP contribution in [0.25, 0.3) is 0 Å². The molecule has 1 aliphatic rings. The Bertz CT molecular complexity index is 1260. The lowest BCUT2D eigenvalue weighted by molar-refractivity contribution is 0.0613. The third-order valence-electron chi connectivity index (χ3n) is 5.74. The number of carbonyl (C=O) groups excluding carboxylic acids is 1. The molecule has 34 heavy (non-hydrogen) atoms. The second-order valence-electron chi connectivity index (χ2n) is 8.08. The van der Waals surface area contributed by atoms with E-state index in [0.29, 0.717) is 43.5 Å². The molecule has 0 bridgehead atoms. The van der Waals surface area contributed by atoms with Crippen molar-refractivity contribution in [2.24, 2.45) is 0 Å². The van der Waals surface area contributed by atoms with Crippen molar-refractivity contribution >= 4 is 17.5 Å². The zero-order valence-electron chi connectivity index (χ0n) is 18.5. The predicted molar refractivity (Wildman–Crippen MR) is 123 cm³/mol. The SMILES string of the molecule is Cc1ccc(C(=O)N2CCN(Cc3cc(=O)c(OCc4ccccc4Cl)co3)CC2)c(F)c1F. The highest BCUT2D eigenvalue weighted by Crippen LogP contribution is 2.20. The zero-order chi connectivity index (χ0) is 24.2. The highest BCUT2D eigenvalue weighted by Gasteiger charge is 2.26. The molecule has 2 aromatic carbocycles. The van der Waals surface area contributed by atoms with Gasteiger partial charge in [-0.1, -0.05) is 35.9 Å². The van der Waals surface area contributed by atoms with Gasteiger partial charge in [0.15, 0.2) is 11.6 Å². The van der Waals surface area contributed by atoms with Gasteiger partial charge in [0, 0.05) is 42.8 Å². The minimum Gasteiger partial charge on any atom is -0.482 e. The van der Waals surface area contributed by atoms with Crippen molar-refractivity contribution in [2.75, 3.05) is 26.2 Å². The maximum atomic E-state index is 14.2. The van der Waals surface area contributed by atoms with Crippen LogP contribution in [-0.4, -0.2) is 41.9 Å². The standard InChI is InChI=1S/C25H23ClF2N2O4/c1-16-6-7-19(24(28)23(16)27)25(32)30-10-8-29(9-11-30)13-18-12-21(31)22(15-33-18)34-14-17-4-2-3-5-20(17)26/h2-7,12,15H,8-11,13-14H2,1H3. The van der Waals surface area contributed by atoms with E-state index in [0.717, 1.165) is 5.56 Å². The number of rotatable bonds is 6. The molecular weight excluding hydrogens is 466 g/mol. The van der Waals surface area contributed by atoms with Gasteiger partial charge in [-0.15, -0.1) is 0 Å². The number of ether oxygens (including phenoxy) is 1. The van der Waals surface area contributed by atoms with E-state index in [9.17, 15) is 18.4 Å². The van der Waals surface area contributed by atoms with Gasteiger partial charge >= 0.3 is 0 Å². The monoisotopic (exact) mass is 488 g/mol. The number of hydrogen-bond acceptors (Lipinski definition) is 5. The van der Waals surface area contributed by atoms with E-state index in [1.54, 1.807) is 6.07 Å². The summed E-state index contributed by atoms with van der Waals surface area (Å²) in [5.74, 6) is -2.11. The van der Waals surface area contributed by atoms with Crippen LogP contribution in [0.15, 0.2) is 57.9 Å². The maximum Gasteiger partial charge on any atom is 0.257 e. The highest BCUT2D eigenvalue weighted by atomic mass is 35.5. The van der Waals surface area contributed by atoms with Gasteiger partial charge in [0.25, 0.3) is 5.91 Å². The number of halogens is 3. The number of amides is 1. The summed E-state index contributed by atoms with van der Waals surface area (Å²) in [6.07, 6.45) is 1.28. The number of nitrogens with zero attached hydrogens (tertiary/aromatic N) is 2. The quantitative estimate of drug-likeness (QED) is 0.514. The summed E-state index contributed by atoms with van der Waals surface area (Å²) in [6.45, 7) is 3.64. The van der Waals surface area contributed by atoms with Crippen LogP contribution in [-0.2, 0) is 13.2 Å². The van der Waals surface area contributed by atoms with Crippen LogP contribution in [0.4, 0.5) is 8.78 Å². The van der Waals surface area contributed by atoms with Gasteiger partial charge in [-0.3, -0.25) is 14.5 Å². The van der Waals surface area contributed by atoms with Crippen LogP contribution < -0.4 is 10.2 Å². The molecule has 1 aliphatic heterocycles. The number of benzene rings is 2. The summed E-state index contributed by atoms with van der Waals surface area (Å²) in [5, 5.41) is 0.552. The van der Waals surface area contributed by atoms with Crippen LogP contribution in [0.5, 0.6) is 5.75 Å². The molecule has 0 unspecified atom stereocenters. The Labute approximate surface area is 200 Å². The van der Waals surface area contributed by atoms with E-state index in [4.69, 9.17) is 20.8 Å². The molecule has 0 radical (unpaired) electrons. The van der Waals surface area contributed by atoms with Crippen molar-refractivity contribution in [3.05, 3.63) is 98.1 Å². The molecule has 0 atom stereocenters. The van der Waals surface area contributed by atoms with E-state index in [1.807, 2.05) is 23.1 Å². The molecule has 4 rings (SSSR count). The summed E-state index contributed by atoms with van der Waals surface area (Å²) in [5.41, 5.74) is 0.336. The third-order valence-corrected chi connectivity index (χ3v) is 6.11. The van der Waals surface area contributed by atoms with Crippen LogP contribution in [0, 0.1) is 18.6 Å². The van der Waals surface area contributed by atoms with Crippen molar-refractivity contribution in [3.63, 3.8) is 0 Å². The first kappa shape index (κ1) is 23.9. The number of carbonyl (C=O) groups is 1. The van der Waals surface area contributed by atoms with Crippen LogP contribution >= 0.6 is 11.6 Å². The molecule has 0 aliphatic carbocycles. The molecule has 2 heterocycles. The lowest BCUT2D eigenvalue weighted by Gasteiger charge is -2.34. The van der Waals surface area contributed by atoms with Gasteiger partial charge in [0.2, 0.25) is 11.2 Å². The Hall–Kier alpha value is -3.23. The minimum absolute atomic E-state index is 0.0893. The largest absolute Gasteiger partial charge is 0.482 e. The fourth-order valence-corrected chi connectivity index (χ4v) is 3.90. The first-order chi connectivity index (χ1) is 16.3. The first-order valence-electron chi connectivity index (χ1n) is 10.8. The lowest BCUT2D eigenvalue weighted by atomic mass is 10.1. The average Bonchev–Trinajstić information content (AvgIpc) is 2.83. The van der Waals surface area contributed by atoms with Crippen molar-refractivity contribution in [1.29, 1.82) is 0 Å². The Morgan fingerprint density at radius 3 is 2.53 bits per heavy atom. The molecule has 1 saturated heterocycles.